The van der Waals surface area contributed by atoms with Gasteiger partial charge in [-0.05, 0) is 17.5 Å². The van der Waals surface area contributed by atoms with Gasteiger partial charge in [0.2, 0.25) is 5.56 Å². The summed E-state index contributed by atoms with van der Waals surface area (Å²) in [6.07, 6.45) is 0.516. The molecule has 7 heteroatoms. The van der Waals surface area contributed by atoms with E-state index in [0.717, 1.165) is 5.56 Å². The van der Waals surface area contributed by atoms with Crippen LogP contribution in [0.1, 0.15) is 16.7 Å². The maximum atomic E-state index is 11.8. The molecule has 2 rings (SSSR count). The number of hydrazone groups is 1. The number of rotatable bonds is 5. The maximum Gasteiger partial charge on any atom is 0.249 e. The number of nitrogens with one attached hydrogen (secondary N) is 1. The predicted octanol–water partition coefficient (Wildman–Crippen LogP) is 1.16. The predicted molar refractivity (Wildman–Crippen MR) is 87.6 cm³/mol. The number of nitriles is 1. The minimum Gasteiger partial charge on any atom is -0.385 e. The van der Waals surface area contributed by atoms with Crippen LogP contribution in [0.25, 0.3) is 0 Å². The van der Waals surface area contributed by atoms with E-state index in [0.29, 0.717) is 28.3 Å². The molecule has 0 amide bonds. The van der Waals surface area contributed by atoms with Crippen LogP contribution in [0.4, 0.5) is 0 Å². The molecule has 6 nitrogen and oxygen atoms in total. The van der Waals surface area contributed by atoms with Gasteiger partial charge in [-0.2, -0.15) is 10.4 Å². The van der Waals surface area contributed by atoms with Gasteiger partial charge >= 0.3 is 0 Å². The number of H-pyrrole nitrogens is 1. The van der Waals surface area contributed by atoms with Crippen LogP contribution < -0.4 is 17.1 Å². The Kier molecular flexibility index (Phi) is 5.22. The second-order valence-corrected chi connectivity index (χ2v) is 5.53. The molecule has 0 bridgehead atoms. The van der Waals surface area contributed by atoms with Crippen molar-refractivity contribution in [3.63, 3.8) is 0 Å². The van der Waals surface area contributed by atoms with Crippen molar-refractivity contribution < 1.29 is 0 Å². The third-order valence-corrected chi connectivity index (χ3v) is 4.00. The van der Waals surface area contributed by atoms with Gasteiger partial charge in [-0.1, -0.05) is 42.1 Å². The Labute approximate surface area is 131 Å². The highest BCUT2D eigenvalue weighted by Gasteiger charge is 2.12. The molecule has 0 aliphatic rings. The van der Waals surface area contributed by atoms with Crippen LogP contribution in [0.2, 0.25) is 0 Å². The van der Waals surface area contributed by atoms with E-state index < -0.39 is 0 Å². The number of pyridine rings is 1. The Balaban J connectivity index is 2.36. The Morgan fingerprint density at radius 1 is 1.36 bits per heavy atom. The first-order chi connectivity index (χ1) is 10.6. The number of thioether (sulfide) groups is 1. The summed E-state index contributed by atoms with van der Waals surface area (Å²) < 4.78 is 0. The highest BCUT2D eigenvalue weighted by atomic mass is 32.2. The highest BCUT2D eigenvalue weighted by Crippen LogP contribution is 2.22. The zero-order chi connectivity index (χ0) is 15.9. The van der Waals surface area contributed by atoms with Crippen LogP contribution in [0.3, 0.4) is 0 Å². The zero-order valence-corrected chi connectivity index (χ0v) is 12.6. The molecule has 2 aromatic rings. The highest BCUT2D eigenvalue weighted by molar-refractivity contribution is 8.00. The molecule has 0 unspecified atom stereocenters. The second-order valence-electron chi connectivity index (χ2n) is 4.55. The topological polar surface area (TPSA) is 121 Å². The number of nitrogens with two attached hydrogens (primary N) is 2. The lowest BCUT2D eigenvalue weighted by atomic mass is 10.0. The van der Waals surface area contributed by atoms with Crippen molar-refractivity contribution in [2.45, 2.75) is 11.4 Å². The van der Waals surface area contributed by atoms with Gasteiger partial charge in [0.25, 0.3) is 0 Å². The normalized spacial score (nSPS) is 11.1. The monoisotopic (exact) mass is 313 g/mol. The molecule has 0 aliphatic carbocycles. The van der Waals surface area contributed by atoms with E-state index in [1.165, 1.54) is 17.8 Å². The molecule has 1 aromatic heterocycles. The van der Waals surface area contributed by atoms with E-state index in [1.807, 2.05) is 30.3 Å². The molecule has 1 heterocycles. The summed E-state index contributed by atoms with van der Waals surface area (Å²) in [5.74, 6) is 5.62. The summed E-state index contributed by atoms with van der Waals surface area (Å²) in [7, 11) is 0. The number of aromatic amines is 1. The number of hydrogen-bond acceptors (Lipinski definition) is 5. The molecule has 0 saturated carbocycles. The van der Waals surface area contributed by atoms with Crippen LogP contribution in [-0.4, -0.2) is 16.6 Å². The zero-order valence-electron chi connectivity index (χ0n) is 11.7. The SMILES string of the molecule is N#Cc1c(Cc2ccccc2)cc(=O)[nH]c1SC/C(N)=N/N. The molecular formula is C15H15N5OS. The molecule has 0 radical (unpaired) electrons. The van der Waals surface area contributed by atoms with E-state index in [2.05, 4.69) is 16.2 Å². The van der Waals surface area contributed by atoms with Gasteiger partial charge in [0.1, 0.15) is 11.9 Å². The molecule has 0 atom stereocenters. The first-order valence-electron chi connectivity index (χ1n) is 6.49. The summed E-state index contributed by atoms with van der Waals surface area (Å²) in [5, 5.41) is 13.3. The molecule has 0 spiro atoms. The van der Waals surface area contributed by atoms with Crippen LogP contribution in [-0.2, 0) is 6.42 Å². The van der Waals surface area contributed by atoms with Gasteiger partial charge in [0.15, 0.2) is 0 Å². The van der Waals surface area contributed by atoms with Crippen molar-refractivity contribution in [2.24, 2.45) is 16.7 Å². The average Bonchev–Trinajstić information content (AvgIpc) is 2.53. The molecule has 112 valence electrons. The van der Waals surface area contributed by atoms with Crippen LogP contribution >= 0.6 is 11.8 Å². The molecule has 5 N–H and O–H groups in total. The van der Waals surface area contributed by atoms with Crippen molar-refractivity contribution in [1.29, 1.82) is 5.26 Å². The number of aromatic nitrogens is 1. The summed E-state index contributed by atoms with van der Waals surface area (Å²) >= 11 is 1.23. The van der Waals surface area contributed by atoms with Crippen LogP contribution in [0, 0.1) is 11.3 Å². The Hall–Kier alpha value is -2.72. The molecule has 0 saturated heterocycles. The lowest BCUT2D eigenvalue weighted by molar-refractivity contribution is 1.01. The minimum absolute atomic E-state index is 0.239. The van der Waals surface area contributed by atoms with Gasteiger partial charge in [-0.25, -0.2) is 0 Å². The van der Waals surface area contributed by atoms with E-state index in [4.69, 9.17) is 11.6 Å². The van der Waals surface area contributed by atoms with Crippen molar-refractivity contribution in [2.75, 3.05) is 5.75 Å². The van der Waals surface area contributed by atoms with Gasteiger partial charge in [-0.15, -0.1) is 0 Å². The van der Waals surface area contributed by atoms with Gasteiger partial charge in [0, 0.05) is 6.07 Å². The summed E-state index contributed by atoms with van der Waals surface area (Å²) in [6, 6.07) is 13.3. The Bertz CT molecular complexity index is 777. The standard InChI is InChI=1S/C15H15N5OS/c16-8-12-11(6-10-4-2-1-3-5-10)7-14(21)19-15(12)22-9-13(17)20-18/h1-5,7H,6,9,18H2,(H2,17,20)(H,19,21). The number of amidine groups is 1. The number of nitrogens with zero attached hydrogens (tertiary/aromatic N) is 2. The fraction of sp³-hybridized carbons (Fsp3) is 0.133. The lowest BCUT2D eigenvalue weighted by Gasteiger charge is -2.09. The van der Waals surface area contributed by atoms with Crippen molar-refractivity contribution in [3.8, 4) is 6.07 Å². The smallest absolute Gasteiger partial charge is 0.249 e. The Morgan fingerprint density at radius 3 is 2.73 bits per heavy atom. The van der Waals surface area contributed by atoms with E-state index in [1.54, 1.807) is 0 Å². The molecule has 0 aliphatic heterocycles. The number of hydrogen-bond donors (Lipinski definition) is 3. The minimum atomic E-state index is -0.254. The largest absolute Gasteiger partial charge is 0.385 e. The number of benzene rings is 1. The fourth-order valence-electron chi connectivity index (χ4n) is 1.96. The molecule has 1 aromatic carbocycles. The Morgan fingerprint density at radius 2 is 2.09 bits per heavy atom. The van der Waals surface area contributed by atoms with E-state index in [-0.39, 0.29) is 11.4 Å². The second kappa shape index (κ2) is 7.33. The third kappa shape index (κ3) is 3.90. The molecule has 22 heavy (non-hydrogen) atoms. The van der Waals surface area contributed by atoms with Crippen molar-refractivity contribution in [3.05, 3.63) is 63.4 Å². The van der Waals surface area contributed by atoms with Crippen molar-refractivity contribution >= 4 is 17.6 Å². The van der Waals surface area contributed by atoms with Gasteiger partial charge < -0.3 is 16.6 Å². The summed E-state index contributed by atoms with van der Waals surface area (Å²) in [4.78, 5) is 14.5. The fourth-order valence-corrected chi connectivity index (χ4v) is 2.82. The average molecular weight is 313 g/mol. The van der Waals surface area contributed by atoms with Crippen LogP contribution in [0.15, 0.2) is 51.3 Å². The van der Waals surface area contributed by atoms with Crippen molar-refractivity contribution in [1.82, 2.24) is 4.98 Å². The van der Waals surface area contributed by atoms with E-state index >= 15 is 0 Å². The van der Waals surface area contributed by atoms with E-state index in [9.17, 15) is 10.1 Å². The molecule has 0 fully saturated rings. The maximum absolute atomic E-state index is 11.8. The third-order valence-electron chi connectivity index (χ3n) is 2.97. The molecular weight excluding hydrogens is 298 g/mol. The van der Waals surface area contributed by atoms with Gasteiger partial charge in [0.05, 0.1) is 16.3 Å². The lowest BCUT2D eigenvalue weighted by Crippen LogP contribution is -2.18. The summed E-state index contributed by atoms with van der Waals surface area (Å²) in [6.45, 7) is 0. The first-order valence-corrected chi connectivity index (χ1v) is 7.48. The van der Waals surface area contributed by atoms with Crippen LogP contribution in [0.5, 0.6) is 0 Å². The quantitative estimate of drug-likeness (QED) is 0.251. The first kappa shape index (κ1) is 15.7. The van der Waals surface area contributed by atoms with Gasteiger partial charge in [-0.3, -0.25) is 4.79 Å². The summed E-state index contributed by atoms with van der Waals surface area (Å²) in [5.41, 5.74) is 7.44.